The van der Waals surface area contributed by atoms with Gasteiger partial charge in [0.25, 0.3) is 5.91 Å². The SMILES string of the molecule is CCN(C)c1nc(N)c(C(=O)NCCCC2CCCC2)s1. The zero-order valence-corrected chi connectivity index (χ0v) is 13.8. The number of hydrogen-bond acceptors (Lipinski definition) is 5. The second-order valence-corrected chi connectivity index (χ2v) is 6.75. The van der Waals surface area contributed by atoms with Crippen molar-refractivity contribution >= 4 is 28.2 Å². The predicted octanol–water partition coefficient (Wildman–Crippen LogP) is 2.88. The van der Waals surface area contributed by atoms with E-state index in [1.165, 1.54) is 43.4 Å². The number of nitrogens with two attached hydrogens (primary N) is 1. The fourth-order valence-electron chi connectivity index (χ4n) is 2.75. The normalized spacial score (nSPS) is 15.3. The highest BCUT2D eigenvalue weighted by Gasteiger charge is 2.18. The number of nitrogens with zero attached hydrogens (tertiary/aromatic N) is 2. The maximum atomic E-state index is 12.1. The average molecular weight is 310 g/mol. The molecule has 118 valence electrons. The Morgan fingerprint density at radius 1 is 1.48 bits per heavy atom. The molecule has 2 rings (SSSR count). The zero-order chi connectivity index (χ0) is 15.2. The Morgan fingerprint density at radius 3 is 2.86 bits per heavy atom. The number of aromatic nitrogens is 1. The van der Waals surface area contributed by atoms with Crippen LogP contribution in [0.1, 0.15) is 55.1 Å². The van der Waals surface area contributed by atoms with Crippen LogP contribution in [0.3, 0.4) is 0 Å². The Balaban J connectivity index is 1.78. The molecule has 3 N–H and O–H groups in total. The molecule has 21 heavy (non-hydrogen) atoms. The van der Waals surface area contributed by atoms with E-state index >= 15 is 0 Å². The third kappa shape index (κ3) is 4.33. The lowest BCUT2D eigenvalue weighted by atomic mass is 10.0. The molecular weight excluding hydrogens is 284 g/mol. The monoisotopic (exact) mass is 310 g/mol. The van der Waals surface area contributed by atoms with E-state index in [4.69, 9.17) is 5.73 Å². The lowest BCUT2D eigenvalue weighted by Gasteiger charge is -2.11. The van der Waals surface area contributed by atoms with Crippen LogP contribution in [0, 0.1) is 5.92 Å². The molecule has 1 aliphatic carbocycles. The van der Waals surface area contributed by atoms with Crippen molar-refractivity contribution in [1.29, 1.82) is 0 Å². The Morgan fingerprint density at radius 2 is 2.19 bits per heavy atom. The molecule has 1 amide bonds. The molecule has 0 bridgehead atoms. The van der Waals surface area contributed by atoms with E-state index in [0.29, 0.717) is 10.7 Å². The maximum Gasteiger partial charge on any atom is 0.265 e. The van der Waals surface area contributed by atoms with Crippen LogP contribution in [0.15, 0.2) is 0 Å². The number of amides is 1. The first-order valence-electron chi connectivity index (χ1n) is 7.87. The van der Waals surface area contributed by atoms with Gasteiger partial charge in [0.2, 0.25) is 0 Å². The van der Waals surface area contributed by atoms with Crippen molar-refractivity contribution in [2.75, 3.05) is 30.8 Å². The number of thiazole rings is 1. The number of nitrogens with one attached hydrogen (secondary N) is 1. The molecule has 5 nitrogen and oxygen atoms in total. The summed E-state index contributed by atoms with van der Waals surface area (Å²) in [6, 6.07) is 0. The van der Waals surface area contributed by atoms with Gasteiger partial charge in [-0.25, -0.2) is 4.98 Å². The molecule has 0 atom stereocenters. The number of rotatable bonds is 7. The van der Waals surface area contributed by atoms with Gasteiger partial charge in [0, 0.05) is 20.1 Å². The van der Waals surface area contributed by atoms with Crippen molar-refractivity contribution in [2.45, 2.75) is 45.4 Å². The van der Waals surface area contributed by atoms with E-state index in [1.807, 2.05) is 18.9 Å². The third-order valence-electron chi connectivity index (χ3n) is 4.20. The summed E-state index contributed by atoms with van der Waals surface area (Å²) in [4.78, 5) is 18.9. The quantitative estimate of drug-likeness (QED) is 0.760. The second kappa shape index (κ2) is 7.64. The summed E-state index contributed by atoms with van der Waals surface area (Å²) in [7, 11) is 1.95. The van der Waals surface area contributed by atoms with E-state index in [2.05, 4.69) is 10.3 Å². The van der Waals surface area contributed by atoms with Gasteiger partial charge in [-0.05, 0) is 25.7 Å². The molecule has 0 radical (unpaired) electrons. The molecule has 1 heterocycles. The molecule has 1 fully saturated rings. The number of hydrogen-bond donors (Lipinski definition) is 2. The highest BCUT2D eigenvalue weighted by Crippen LogP contribution is 2.29. The minimum atomic E-state index is -0.0906. The van der Waals surface area contributed by atoms with E-state index < -0.39 is 0 Å². The molecule has 0 saturated heterocycles. The number of carbonyl (C=O) groups excluding carboxylic acids is 1. The van der Waals surface area contributed by atoms with Gasteiger partial charge in [-0.3, -0.25) is 4.79 Å². The van der Waals surface area contributed by atoms with Crippen LogP contribution in [0.2, 0.25) is 0 Å². The summed E-state index contributed by atoms with van der Waals surface area (Å²) < 4.78 is 0. The van der Waals surface area contributed by atoms with Crippen LogP contribution in [0.5, 0.6) is 0 Å². The lowest BCUT2D eigenvalue weighted by Crippen LogP contribution is -2.24. The van der Waals surface area contributed by atoms with Crippen LogP contribution in [0.25, 0.3) is 0 Å². The summed E-state index contributed by atoms with van der Waals surface area (Å²) in [5.41, 5.74) is 5.85. The summed E-state index contributed by atoms with van der Waals surface area (Å²) in [5.74, 6) is 1.12. The Kier molecular flexibility index (Phi) is 5.85. The average Bonchev–Trinajstić information content (AvgIpc) is 3.12. The van der Waals surface area contributed by atoms with Crippen LogP contribution in [0.4, 0.5) is 10.9 Å². The van der Waals surface area contributed by atoms with E-state index in [0.717, 1.165) is 30.6 Å². The summed E-state index contributed by atoms with van der Waals surface area (Å²) in [5, 5.41) is 3.76. The van der Waals surface area contributed by atoms with Crippen molar-refractivity contribution in [2.24, 2.45) is 5.92 Å². The van der Waals surface area contributed by atoms with E-state index in [-0.39, 0.29) is 5.91 Å². The molecule has 6 heteroatoms. The Bertz CT molecular complexity index is 468. The topological polar surface area (TPSA) is 71.2 Å². The van der Waals surface area contributed by atoms with E-state index in [9.17, 15) is 4.79 Å². The van der Waals surface area contributed by atoms with Gasteiger partial charge in [-0.1, -0.05) is 37.0 Å². The van der Waals surface area contributed by atoms with Gasteiger partial charge < -0.3 is 16.0 Å². The molecule has 1 saturated carbocycles. The van der Waals surface area contributed by atoms with Crippen LogP contribution in [-0.4, -0.2) is 31.0 Å². The van der Waals surface area contributed by atoms with Crippen molar-refractivity contribution < 1.29 is 4.79 Å². The van der Waals surface area contributed by atoms with Crippen molar-refractivity contribution in [3.8, 4) is 0 Å². The fourth-order valence-corrected chi connectivity index (χ4v) is 3.68. The van der Waals surface area contributed by atoms with E-state index in [1.54, 1.807) is 0 Å². The van der Waals surface area contributed by atoms with Crippen LogP contribution in [-0.2, 0) is 0 Å². The van der Waals surface area contributed by atoms with Crippen molar-refractivity contribution in [3.05, 3.63) is 4.88 Å². The molecule has 1 aromatic heterocycles. The molecule has 0 aromatic carbocycles. The number of nitrogen functional groups attached to an aromatic ring is 1. The van der Waals surface area contributed by atoms with Gasteiger partial charge in [0.05, 0.1) is 0 Å². The fraction of sp³-hybridized carbons (Fsp3) is 0.733. The van der Waals surface area contributed by atoms with Gasteiger partial charge in [0.15, 0.2) is 5.13 Å². The Hall–Kier alpha value is -1.30. The molecule has 0 unspecified atom stereocenters. The van der Waals surface area contributed by atoms with Crippen molar-refractivity contribution in [3.63, 3.8) is 0 Å². The van der Waals surface area contributed by atoms with Gasteiger partial charge >= 0.3 is 0 Å². The highest BCUT2D eigenvalue weighted by molar-refractivity contribution is 7.18. The highest BCUT2D eigenvalue weighted by atomic mass is 32.1. The number of anilines is 2. The molecule has 1 aliphatic rings. The first kappa shape index (κ1) is 16.1. The van der Waals surface area contributed by atoms with Crippen LogP contribution < -0.4 is 16.0 Å². The molecular formula is C15H26N4OS. The zero-order valence-electron chi connectivity index (χ0n) is 13.0. The Labute approximate surface area is 130 Å². The molecule has 1 aromatic rings. The lowest BCUT2D eigenvalue weighted by molar-refractivity contribution is 0.0957. The third-order valence-corrected chi connectivity index (χ3v) is 5.38. The van der Waals surface area contributed by atoms with Gasteiger partial charge in [-0.2, -0.15) is 0 Å². The van der Waals surface area contributed by atoms with Gasteiger partial charge in [-0.15, -0.1) is 0 Å². The minimum absolute atomic E-state index is 0.0906. The molecule has 0 spiro atoms. The van der Waals surface area contributed by atoms with Crippen molar-refractivity contribution in [1.82, 2.24) is 10.3 Å². The first-order valence-corrected chi connectivity index (χ1v) is 8.69. The summed E-state index contributed by atoms with van der Waals surface area (Å²) in [6.45, 7) is 3.61. The summed E-state index contributed by atoms with van der Waals surface area (Å²) in [6.07, 6.45) is 7.76. The second-order valence-electron chi connectivity index (χ2n) is 5.77. The first-order chi connectivity index (χ1) is 10.1. The number of carbonyl (C=O) groups is 1. The standard InChI is InChI=1S/C15H26N4OS/c1-3-19(2)15-18-13(16)12(21-15)14(20)17-10-6-9-11-7-4-5-8-11/h11H,3-10,16H2,1-2H3,(H,17,20). The largest absolute Gasteiger partial charge is 0.382 e. The predicted molar refractivity (Wildman–Crippen MR) is 89.0 cm³/mol. The minimum Gasteiger partial charge on any atom is -0.382 e. The van der Waals surface area contributed by atoms with Crippen LogP contribution >= 0.6 is 11.3 Å². The smallest absolute Gasteiger partial charge is 0.265 e. The van der Waals surface area contributed by atoms with Gasteiger partial charge in [0.1, 0.15) is 10.7 Å². The molecule has 0 aliphatic heterocycles. The summed E-state index contributed by atoms with van der Waals surface area (Å²) >= 11 is 1.36. The maximum absolute atomic E-state index is 12.1.